The molecule has 0 amide bonds. The minimum absolute atomic E-state index is 0. The number of aryl methyl sites for hydroxylation is 1. The molecule has 1 aromatic carbocycles. The van der Waals surface area contributed by atoms with E-state index in [-0.39, 0.29) is 60.4 Å². The predicted molar refractivity (Wildman–Crippen MR) is 58.5 cm³/mol. The van der Waals surface area contributed by atoms with E-state index in [0.717, 1.165) is 11.8 Å². The molecule has 0 aliphatic heterocycles. The summed E-state index contributed by atoms with van der Waals surface area (Å²) >= 11 is 0. The van der Waals surface area contributed by atoms with E-state index in [0.29, 0.717) is 0 Å². The fourth-order valence-corrected chi connectivity index (χ4v) is 1.03. The Morgan fingerprint density at radius 3 is 2.20 bits per heavy atom. The predicted octanol–water partition coefficient (Wildman–Crippen LogP) is 3.19. The smallest absolute Gasteiger partial charge is 0.127 e. The number of benzene rings is 1. The van der Waals surface area contributed by atoms with Crippen LogP contribution in [0, 0.1) is 21.8 Å². The van der Waals surface area contributed by atoms with Gasteiger partial charge >= 0.3 is 0 Å². The fraction of sp³-hybridized carbons (Fsp3) is 0.250. The average molecular weight is 413 g/mol. The molecular weight excluding hydrogens is 395 g/mol. The van der Waals surface area contributed by atoms with Crippen LogP contribution >= 0.6 is 0 Å². The summed E-state index contributed by atoms with van der Waals surface area (Å²) in [4.78, 5) is 10.4. The number of rotatable bonds is 2. The van der Waals surface area contributed by atoms with Crippen molar-refractivity contribution in [3.05, 3.63) is 50.2 Å². The molecule has 1 atom stereocenters. The van der Waals surface area contributed by atoms with Crippen molar-refractivity contribution in [3.63, 3.8) is 0 Å². The maximum atomic E-state index is 10.4. The summed E-state index contributed by atoms with van der Waals surface area (Å²) in [7, 11) is 0. The zero-order valence-corrected chi connectivity index (χ0v) is 14.1. The van der Waals surface area contributed by atoms with Crippen LogP contribution in [0.15, 0.2) is 24.3 Å². The first-order valence-corrected chi connectivity index (χ1v) is 3.76. The summed E-state index contributed by atoms with van der Waals surface area (Å²) < 4.78 is 0. The van der Waals surface area contributed by atoms with E-state index in [1.807, 2.05) is 38.1 Å². The Balaban J connectivity index is -0.000000151. The summed E-state index contributed by atoms with van der Waals surface area (Å²) in [5.41, 5.74) is 2.30. The van der Waals surface area contributed by atoms with Crippen molar-refractivity contribution >= 4 is 6.29 Å². The van der Waals surface area contributed by atoms with Crippen molar-refractivity contribution in [3.8, 4) is 0 Å². The fourth-order valence-electron chi connectivity index (χ4n) is 1.03. The number of aldehydes is 1. The Morgan fingerprint density at radius 1 is 1.27 bits per heavy atom. The molecule has 85 valence electrons. The van der Waals surface area contributed by atoms with Gasteiger partial charge in [0.2, 0.25) is 0 Å². The van der Waals surface area contributed by atoms with Gasteiger partial charge in [-0.2, -0.15) is 0 Å². The van der Waals surface area contributed by atoms with E-state index in [9.17, 15) is 4.79 Å². The molecule has 0 aliphatic carbocycles. The topological polar surface area (TPSA) is 17.1 Å². The summed E-state index contributed by atoms with van der Waals surface area (Å²) in [5, 5.41) is 0. The first-order chi connectivity index (χ1) is 5.24. The largest absolute Gasteiger partial charge is 0.358 e. The van der Waals surface area contributed by atoms with Crippen molar-refractivity contribution in [2.75, 3.05) is 0 Å². The van der Waals surface area contributed by atoms with Gasteiger partial charge in [0, 0.05) is 45.5 Å². The van der Waals surface area contributed by atoms with Crippen LogP contribution in [-0.2, 0) is 44.4 Å². The normalized spacial score (nSPS) is 9.20. The minimum atomic E-state index is 0. The monoisotopic (exact) mass is 413 g/mol. The molecule has 1 aromatic rings. The third kappa shape index (κ3) is 8.02. The van der Waals surface area contributed by atoms with E-state index >= 15 is 0 Å². The third-order valence-corrected chi connectivity index (χ3v) is 1.77. The molecule has 3 heteroatoms. The molecule has 1 radical (unpaired) electrons. The summed E-state index contributed by atoms with van der Waals surface area (Å²) in [6.07, 6.45) is 0.967. The Kier molecular flexibility index (Phi) is 19.9. The van der Waals surface area contributed by atoms with Gasteiger partial charge < -0.3 is 19.6 Å². The van der Waals surface area contributed by atoms with E-state index in [2.05, 4.69) is 0 Å². The van der Waals surface area contributed by atoms with Crippen LogP contribution in [0.4, 0.5) is 0 Å². The van der Waals surface area contributed by atoms with Gasteiger partial charge in [0.25, 0.3) is 0 Å². The van der Waals surface area contributed by atoms with Gasteiger partial charge in [-0.1, -0.05) is 36.8 Å². The number of carbonyl (C=O) groups excluding carboxylic acids is 1. The first-order valence-electron chi connectivity index (χ1n) is 3.76. The average Bonchev–Trinajstić information content (AvgIpc) is 2.03. The van der Waals surface area contributed by atoms with Crippen molar-refractivity contribution in [2.45, 2.75) is 19.8 Å². The van der Waals surface area contributed by atoms with E-state index in [1.165, 1.54) is 5.56 Å². The second-order valence-corrected chi connectivity index (χ2v) is 2.84. The van der Waals surface area contributed by atoms with Gasteiger partial charge in [-0.05, 0) is 12.5 Å². The molecule has 0 fully saturated rings. The first kappa shape index (κ1) is 24.4. The van der Waals surface area contributed by atoms with Gasteiger partial charge in [0.15, 0.2) is 0 Å². The summed E-state index contributed by atoms with van der Waals surface area (Å²) in [6, 6.07) is 8.02. The zero-order chi connectivity index (χ0) is 8.27. The molecule has 0 N–H and O–H groups in total. The van der Waals surface area contributed by atoms with Gasteiger partial charge in [-0.3, -0.25) is 0 Å². The quantitative estimate of drug-likeness (QED) is 0.538. The molecule has 0 saturated carbocycles. The van der Waals surface area contributed by atoms with Gasteiger partial charge in [0.05, 0.1) is 0 Å². The molecule has 1 unspecified atom stereocenters. The molecular formula is C12H18OVW-2. The number of hydrogen-bond acceptors (Lipinski definition) is 1. The Bertz CT molecular complexity index is 264. The standard InChI is InChI=1S/C10H12O.2CH3.V.W/c1-8-4-3-5-10(6-8)9(2)7-11;;;;/h3-7,9H,1-2H3;2*1H3;;/q;2*-1;;. The second-order valence-electron chi connectivity index (χ2n) is 2.84. The third-order valence-electron chi connectivity index (χ3n) is 1.77. The van der Waals surface area contributed by atoms with Crippen LogP contribution < -0.4 is 0 Å². The van der Waals surface area contributed by atoms with Crippen LogP contribution in [0.5, 0.6) is 0 Å². The van der Waals surface area contributed by atoms with E-state index in [1.54, 1.807) is 0 Å². The minimum Gasteiger partial charge on any atom is -0.358 e. The van der Waals surface area contributed by atoms with Gasteiger partial charge in [-0.25, -0.2) is 0 Å². The van der Waals surface area contributed by atoms with Gasteiger partial charge in [0.1, 0.15) is 6.29 Å². The van der Waals surface area contributed by atoms with Crippen LogP contribution in [0.3, 0.4) is 0 Å². The number of carbonyl (C=O) groups is 1. The Hall–Kier alpha value is 0.163. The molecule has 1 rings (SSSR count). The molecule has 0 heterocycles. The molecule has 0 aliphatic rings. The van der Waals surface area contributed by atoms with Crippen molar-refractivity contribution in [1.82, 2.24) is 0 Å². The summed E-state index contributed by atoms with van der Waals surface area (Å²) in [5.74, 6) is 0.0231. The molecule has 0 saturated heterocycles. The maximum absolute atomic E-state index is 10.4. The van der Waals surface area contributed by atoms with Crippen LogP contribution in [0.1, 0.15) is 24.0 Å². The van der Waals surface area contributed by atoms with Crippen molar-refractivity contribution < 1.29 is 44.4 Å². The molecule has 0 bridgehead atoms. The van der Waals surface area contributed by atoms with Crippen molar-refractivity contribution in [1.29, 1.82) is 0 Å². The molecule has 15 heavy (non-hydrogen) atoms. The molecule has 0 aromatic heterocycles. The SMILES string of the molecule is Cc1cccc(C(C)C=O)c1.[CH3-].[CH3-].[V].[W]. The summed E-state index contributed by atoms with van der Waals surface area (Å²) in [6.45, 7) is 3.93. The van der Waals surface area contributed by atoms with Crippen molar-refractivity contribution in [2.24, 2.45) is 0 Å². The molecule has 0 spiro atoms. The zero-order valence-electron chi connectivity index (χ0n) is 9.73. The van der Waals surface area contributed by atoms with Crippen LogP contribution in [0.25, 0.3) is 0 Å². The Morgan fingerprint density at radius 2 is 1.80 bits per heavy atom. The van der Waals surface area contributed by atoms with Crippen LogP contribution in [-0.4, -0.2) is 6.29 Å². The molecule has 1 nitrogen and oxygen atoms in total. The van der Waals surface area contributed by atoms with Crippen LogP contribution in [0.2, 0.25) is 0 Å². The second kappa shape index (κ2) is 12.2. The van der Waals surface area contributed by atoms with E-state index in [4.69, 9.17) is 0 Å². The van der Waals surface area contributed by atoms with E-state index < -0.39 is 0 Å². The van der Waals surface area contributed by atoms with Gasteiger partial charge in [-0.15, -0.1) is 0 Å². The Labute approximate surface area is 120 Å². The number of hydrogen-bond donors (Lipinski definition) is 0. The maximum Gasteiger partial charge on any atom is 0.127 e.